The van der Waals surface area contributed by atoms with E-state index in [0.29, 0.717) is 6.04 Å². The predicted octanol–water partition coefficient (Wildman–Crippen LogP) is 8.02. The standard InChI is InChI=1S/C24H43N.ClH/c1-4-5-6-7-8-9-10-11-12-13-14-18-21-25(23(2)3)22-24-19-16-15-17-20-24;/h15-17,19-20,23H,4-14,18,21-22H2,1-3H3;1H. The van der Waals surface area contributed by atoms with Crippen molar-refractivity contribution in [1.29, 1.82) is 0 Å². The largest absolute Gasteiger partial charge is 0.297 e. The van der Waals surface area contributed by atoms with Crippen LogP contribution in [0, 0.1) is 0 Å². The zero-order valence-corrected chi connectivity index (χ0v) is 18.5. The minimum atomic E-state index is 0. The molecule has 0 N–H and O–H groups in total. The molecule has 0 spiro atoms. The van der Waals surface area contributed by atoms with Crippen LogP contribution in [0.15, 0.2) is 30.3 Å². The Hall–Kier alpha value is -0.530. The molecule has 1 nitrogen and oxygen atoms in total. The van der Waals surface area contributed by atoms with Crippen LogP contribution in [0.2, 0.25) is 0 Å². The van der Waals surface area contributed by atoms with Crippen LogP contribution in [0.1, 0.15) is 103 Å². The smallest absolute Gasteiger partial charge is 0.0236 e. The fourth-order valence-electron chi connectivity index (χ4n) is 3.49. The molecule has 0 fully saturated rings. The summed E-state index contributed by atoms with van der Waals surface area (Å²) in [5.74, 6) is 0. The lowest BCUT2D eigenvalue weighted by molar-refractivity contribution is 0.208. The van der Waals surface area contributed by atoms with Gasteiger partial charge in [-0.3, -0.25) is 4.90 Å². The summed E-state index contributed by atoms with van der Waals surface area (Å²) in [6.45, 7) is 9.27. The Bertz CT molecular complexity index is 390. The molecule has 0 atom stereocenters. The van der Waals surface area contributed by atoms with Gasteiger partial charge in [-0.2, -0.15) is 0 Å². The van der Waals surface area contributed by atoms with E-state index in [-0.39, 0.29) is 12.4 Å². The van der Waals surface area contributed by atoms with Crippen LogP contribution in [-0.4, -0.2) is 17.5 Å². The first-order valence-electron chi connectivity index (χ1n) is 11.0. The van der Waals surface area contributed by atoms with Crippen molar-refractivity contribution in [2.45, 2.75) is 110 Å². The Balaban J connectivity index is 0.00000625. The molecule has 0 bridgehead atoms. The van der Waals surface area contributed by atoms with Gasteiger partial charge in [0, 0.05) is 12.6 Å². The normalized spacial score (nSPS) is 11.1. The van der Waals surface area contributed by atoms with Gasteiger partial charge < -0.3 is 0 Å². The Morgan fingerprint density at radius 1 is 0.692 bits per heavy atom. The summed E-state index contributed by atoms with van der Waals surface area (Å²) in [7, 11) is 0. The number of rotatable bonds is 16. The van der Waals surface area contributed by atoms with E-state index in [9.17, 15) is 0 Å². The summed E-state index contributed by atoms with van der Waals surface area (Å²) in [5.41, 5.74) is 1.44. The van der Waals surface area contributed by atoms with Gasteiger partial charge in [-0.15, -0.1) is 12.4 Å². The number of nitrogens with zero attached hydrogens (tertiary/aromatic N) is 1. The van der Waals surface area contributed by atoms with Crippen molar-refractivity contribution in [3.63, 3.8) is 0 Å². The molecule has 0 aliphatic carbocycles. The van der Waals surface area contributed by atoms with Gasteiger partial charge in [-0.05, 0) is 32.4 Å². The van der Waals surface area contributed by atoms with Crippen molar-refractivity contribution in [2.75, 3.05) is 6.54 Å². The first-order valence-corrected chi connectivity index (χ1v) is 11.0. The molecule has 1 rings (SSSR count). The zero-order valence-electron chi connectivity index (χ0n) is 17.7. The molecule has 0 saturated carbocycles. The van der Waals surface area contributed by atoms with Gasteiger partial charge in [0.2, 0.25) is 0 Å². The highest BCUT2D eigenvalue weighted by Gasteiger charge is 2.09. The number of unbranched alkanes of at least 4 members (excludes halogenated alkanes) is 11. The summed E-state index contributed by atoms with van der Waals surface area (Å²) in [4.78, 5) is 2.62. The fourth-order valence-corrected chi connectivity index (χ4v) is 3.49. The molecule has 0 aliphatic rings. The minimum Gasteiger partial charge on any atom is -0.297 e. The Kier molecular flexibility index (Phi) is 17.5. The van der Waals surface area contributed by atoms with Crippen molar-refractivity contribution in [3.05, 3.63) is 35.9 Å². The lowest BCUT2D eigenvalue weighted by Gasteiger charge is -2.26. The Morgan fingerprint density at radius 2 is 1.15 bits per heavy atom. The highest BCUT2D eigenvalue weighted by Crippen LogP contribution is 2.13. The van der Waals surface area contributed by atoms with Crippen LogP contribution in [0.5, 0.6) is 0 Å². The first kappa shape index (κ1) is 25.5. The molecule has 0 radical (unpaired) electrons. The maximum absolute atomic E-state index is 2.62. The van der Waals surface area contributed by atoms with E-state index >= 15 is 0 Å². The van der Waals surface area contributed by atoms with Crippen molar-refractivity contribution >= 4 is 12.4 Å². The quantitative estimate of drug-likeness (QED) is 0.262. The average molecular weight is 382 g/mol. The summed E-state index contributed by atoms with van der Waals surface area (Å²) >= 11 is 0. The second kappa shape index (κ2) is 17.9. The molecule has 0 amide bonds. The molecular weight excluding hydrogens is 338 g/mol. The molecule has 0 unspecified atom stereocenters. The van der Waals surface area contributed by atoms with Crippen molar-refractivity contribution in [3.8, 4) is 0 Å². The summed E-state index contributed by atoms with van der Waals surface area (Å²) in [6, 6.07) is 11.5. The number of hydrogen-bond donors (Lipinski definition) is 0. The van der Waals surface area contributed by atoms with E-state index in [0.717, 1.165) is 6.54 Å². The number of benzene rings is 1. The molecule has 2 heteroatoms. The van der Waals surface area contributed by atoms with Crippen LogP contribution in [0.3, 0.4) is 0 Å². The molecular formula is C24H44ClN. The maximum atomic E-state index is 2.62. The molecule has 0 heterocycles. The van der Waals surface area contributed by atoms with Gasteiger partial charge >= 0.3 is 0 Å². The van der Waals surface area contributed by atoms with Crippen LogP contribution in [0.4, 0.5) is 0 Å². The summed E-state index contributed by atoms with van der Waals surface area (Å²) in [5, 5.41) is 0. The lowest BCUT2D eigenvalue weighted by atomic mass is 10.1. The molecule has 26 heavy (non-hydrogen) atoms. The van der Waals surface area contributed by atoms with Crippen LogP contribution in [0.25, 0.3) is 0 Å². The van der Waals surface area contributed by atoms with Crippen LogP contribution in [-0.2, 0) is 6.54 Å². The van der Waals surface area contributed by atoms with Gasteiger partial charge in [0.05, 0.1) is 0 Å². The molecule has 0 aromatic heterocycles. The lowest BCUT2D eigenvalue weighted by Crippen LogP contribution is -2.31. The third-order valence-electron chi connectivity index (χ3n) is 5.26. The van der Waals surface area contributed by atoms with Crippen LogP contribution < -0.4 is 0 Å². The van der Waals surface area contributed by atoms with Gasteiger partial charge in [0.15, 0.2) is 0 Å². The van der Waals surface area contributed by atoms with E-state index in [1.807, 2.05) is 0 Å². The highest BCUT2D eigenvalue weighted by atomic mass is 35.5. The first-order chi connectivity index (χ1) is 12.2. The zero-order chi connectivity index (χ0) is 18.2. The van der Waals surface area contributed by atoms with E-state index in [2.05, 4.69) is 56.0 Å². The highest BCUT2D eigenvalue weighted by molar-refractivity contribution is 5.85. The van der Waals surface area contributed by atoms with E-state index < -0.39 is 0 Å². The number of halogens is 1. The predicted molar refractivity (Wildman–Crippen MR) is 120 cm³/mol. The minimum absolute atomic E-state index is 0. The van der Waals surface area contributed by atoms with Crippen molar-refractivity contribution in [2.24, 2.45) is 0 Å². The number of hydrogen-bond acceptors (Lipinski definition) is 1. The fraction of sp³-hybridized carbons (Fsp3) is 0.750. The summed E-state index contributed by atoms with van der Waals surface area (Å²) < 4.78 is 0. The van der Waals surface area contributed by atoms with E-state index in [1.165, 1.54) is 89.2 Å². The van der Waals surface area contributed by atoms with Gasteiger partial charge in [0.25, 0.3) is 0 Å². The Morgan fingerprint density at radius 3 is 1.62 bits per heavy atom. The molecule has 0 saturated heterocycles. The SMILES string of the molecule is CCCCCCCCCCCCCCN(Cc1ccccc1)C(C)C.Cl. The second-order valence-corrected chi connectivity index (χ2v) is 7.94. The maximum Gasteiger partial charge on any atom is 0.0236 e. The summed E-state index contributed by atoms with van der Waals surface area (Å²) in [6.07, 6.45) is 17.1. The van der Waals surface area contributed by atoms with Crippen molar-refractivity contribution < 1.29 is 0 Å². The monoisotopic (exact) mass is 381 g/mol. The van der Waals surface area contributed by atoms with Crippen molar-refractivity contribution in [1.82, 2.24) is 4.90 Å². The Labute approximate surface area is 170 Å². The van der Waals surface area contributed by atoms with Gasteiger partial charge in [-0.25, -0.2) is 0 Å². The molecule has 0 aliphatic heterocycles. The van der Waals surface area contributed by atoms with E-state index in [1.54, 1.807) is 0 Å². The second-order valence-electron chi connectivity index (χ2n) is 7.94. The average Bonchev–Trinajstić information content (AvgIpc) is 2.62. The topological polar surface area (TPSA) is 3.24 Å². The third-order valence-corrected chi connectivity index (χ3v) is 5.26. The van der Waals surface area contributed by atoms with Gasteiger partial charge in [-0.1, -0.05) is 108 Å². The molecule has 1 aromatic carbocycles. The van der Waals surface area contributed by atoms with E-state index in [4.69, 9.17) is 0 Å². The van der Waals surface area contributed by atoms with Crippen LogP contribution >= 0.6 is 12.4 Å². The molecule has 1 aromatic rings. The third kappa shape index (κ3) is 13.6. The van der Waals surface area contributed by atoms with Gasteiger partial charge in [0.1, 0.15) is 0 Å². The molecule has 152 valence electrons.